The third-order valence-corrected chi connectivity index (χ3v) is 7.61. The van der Waals surface area contributed by atoms with Gasteiger partial charge in [-0.25, -0.2) is 4.79 Å². The third-order valence-electron chi connectivity index (χ3n) is 7.61. The Bertz CT molecular complexity index is 889. The molecular formula is C30H43N3O. The fourth-order valence-electron chi connectivity index (χ4n) is 5.41. The Morgan fingerprint density at radius 1 is 0.882 bits per heavy atom. The first-order valence-electron chi connectivity index (χ1n) is 13.3. The molecule has 4 nitrogen and oxygen atoms in total. The number of benzene rings is 2. The van der Waals surface area contributed by atoms with Gasteiger partial charge >= 0.3 is 6.03 Å². The van der Waals surface area contributed by atoms with Gasteiger partial charge in [0.25, 0.3) is 0 Å². The largest absolute Gasteiger partial charge is 0.335 e. The number of amides is 2. The van der Waals surface area contributed by atoms with Crippen molar-refractivity contribution in [2.24, 2.45) is 0 Å². The van der Waals surface area contributed by atoms with Crippen LogP contribution in [0.1, 0.15) is 82.4 Å². The summed E-state index contributed by atoms with van der Waals surface area (Å²) in [6.45, 7) is 10.5. The van der Waals surface area contributed by atoms with E-state index in [1.807, 2.05) is 0 Å². The van der Waals surface area contributed by atoms with Gasteiger partial charge in [-0.2, -0.15) is 0 Å². The molecule has 2 fully saturated rings. The molecule has 2 aromatic carbocycles. The van der Waals surface area contributed by atoms with Crippen LogP contribution in [-0.2, 0) is 18.5 Å². The standard InChI is InChI=1S/C30H43N3O/c1-30(2,3)26-16-14-25(15-17-26)23-33(29(34)31-27-12-8-5-9-13-27)28-18-20-32(21-19-28)22-24-10-6-4-7-11-24/h4,6-7,10-11,14-17,27-28H,5,8-9,12-13,18-23H2,1-3H3,(H,31,34). The van der Waals surface area contributed by atoms with Crippen molar-refractivity contribution in [3.05, 3.63) is 71.3 Å². The lowest BCUT2D eigenvalue weighted by Crippen LogP contribution is -2.52. The van der Waals surface area contributed by atoms with E-state index in [-0.39, 0.29) is 17.5 Å². The first-order chi connectivity index (χ1) is 16.4. The minimum absolute atomic E-state index is 0.133. The van der Waals surface area contributed by atoms with Crippen molar-refractivity contribution in [2.45, 2.75) is 96.3 Å². The molecule has 1 N–H and O–H groups in total. The maximum atomic E-state index is 13.5. The van der Waals surface area contributed by atoms with Gasteiger partial charge in [-0.1, -0.05) is 94.6 Å². The average molecular weight is 462 g/mol. The predicted octanol–water partition coefficient (Wildman–Crippen LogP) is 6.49. The van der Waals surface area contributed by atoms with Crippen LogP contribution in [0.3, 0.4) is 0 Å². The summed E-state index contributed by atoms with van der Waals surface area (Å²) in [5.41, 5.74) is 4.07. The minimum atomic E-state index is 0.133. The fourth-order valence-corrected chi connectivity index (χ4v) is 5.41. The number of hydrogen-bond acceptors (Lipinski definition) is 2. The van der Waals surface area contributed by atoms with Crippen LogP contribution in [-0.4, -0.2) is 41.0 Å². The number of carbonyl (C=O) groups is 1. The maximum Gasteiger partial charge on any atom is 0.318 e. The highest BCUT2D eigenvalue weighted by Gasteiger charge is 2.29. The Hall–Kier alpha value is -2.33. The van der Waals surface area contributed by atoms with Crippen LogP contribution in [0.4, 0.5) is 4.79 Å². The molecule has 1 saturated heterocycles. The van der Waals surface area contributed by atoms with Gasteiger partial charge in [0.05, 0.1) is 0 Å². The van der Waals surface area contributed by atoms with Crippen molar-refractivity contribution in [2.75, 3.05) is 13.1 Å². The number of piperidine rings is 1. The molecule has 184 valence electrons. The van der Waals surface area contributed by atoms with Crippen molar-refractivity contribution in [1.29, 1.82) is 0 Å². The van der Waals surface area contributed by atoms with Gasteiger partial charge in [0.1, 0.15) is 0 Å². The van der Waals surface area contributed by atoms with Gasteiger partial charge in [0.2, 0.25) is 0 Å². The van der Waals surface area contributed by atoms with Gasteiger partial charge in [-0.05, 0) is 47.8 Å². The Morgan fingerprint density at radius 2 is 1.53 bits per heavy atom. The molecule has 0 spiro atoms. The molecule has 0 aromatic heterocycles. The van der Waals surface area contributed by atoms with E-state index in [0.29, 0.717) is 12.6 Å². The summed E-state index contributed by atoms with van der Waals surface area (Å²) in [5, 5.41) is 3.40. The second-order valence-corrected chi connectivity index (χ2v) is 11.4. The highest BCUT2D eigenvalue weighted by Crippen LogP contribution is 2.25. The predicted molar refractivity (Wildman–Crippen MR) is 141 cm³/mol. The number of carbonyl (C=O) groups excluding carboxylic acids is 1. The van der Waals surface area contributed by atoms with Crippen LogP contribution >= 0.6 is 0 Å². The lowest BCUT2D eigenvalue weighted by Gasteiger charge is -2.39. The van der Waals surface area contributed by atoms with Crippen LogP contribution in [0.2, 0.25) is 0 Å². The lowest BCUT2D eigenvalue weighted by molar-refractivity contribution is 0.110. The topological polar surface area (TPSA) is 35.6 Å². The molecule has 0 bridgehead atoms. The number of nitrogens with zero attached hydrogens (tertiary/aromatic N) is 2. The molecular weight excluding hydrogens is 418 g/mol. The van der Waals surface area contributed by atoms with Crippen LogP contribution < -0.4 is 5.32 Å². The van der Waals surface area contributed by atoms with Crippen molar-refractivity contribution in [3.8, 4) is 0 Å². The van der Waals surface area contributed by atoms with Gasteiger partial charge in [-0.3, -0.25) is 4.90 Å². The van der Waals surface area contributed by atoms with E-state index in [2.05, 4.69) is 90.5 Å². The van der Waals surface area contributed by atoms with Gasteiger partial charge in [0.15, 0.2) is 0 Å². The molecule has 2 aliphatic rings. The number of urea groups is 1. The van der Waals surface area contributed by atoms with Gasteiger partial charge < -0.3 is 10.2 Å². The molecule has 34 heavy (non-hydrogen) atoms. The number of nitrogens with one attached hydrogen (secondary N) is 1. The molecule has 4 heteroatoms. The molecule has 1 heterocycles. The zero-order chi connectivity index (χ0) is 24.0. The summed E-state index contributed by atoms with van der Waals surface area (Å²) in [4.78, 5) is 18.2. The zero-order valence-electron chi connectivity index (χ0n) is 21.4. The van der Waals surface area contributed by atoms with Crippen LogP contribution in [0.15, 0.2) is 54.6 Å². The molecule has 1 saturated carbocycles. The minimum Gasteiger partial charge on any atom is -0.335 e. The van der Waals surface area contributed by atoms with E-state index < -0.39 is 0 Å². The molecule has 2 amide bonds. The monoisotopic (exact) mass is 461 g/mol. The van der Waals surface area contributed by atoms with E-state index in [9.17, 15) is 4.79 Å². The van der Waals surface area contributed by atoms with Crippen molar-refractivity contribution < 1.29 is 4.79 Å². The molecule has 0 radical (unpaired) electrons. The van der Waals surface area contributed by atoms with E-state index in [1.165, 1.54) is 36.0 Å². The number of likely N-dealkylation sites (tertiary alicyclic amines) is 1. The molecule has 1 aliphatic carbocycles. The molecule has 0 atom stereocenters. The zero-order valence-corrected chi connectivity index (χ0v) is 21.4. The van der Waals surface area contributed by atoms with E-state index in [0.717, 1.165) is 45.3 Å². The summed E-state index contributed by atoms with van der Waals surface area (Å²) in [6, 6.07) is 20.4. The van der Waals surface area contributed by atoms with Crippen molar-refractivity contribution in [1.82, 2.24) is 15.1 Å². The summed E-state index contributed by atoms with van der Waals surface area (Å²) in [6.07, 6.45) is 8.07. The Labute approximate surface area is 206 Å². The second kappa shape index (κ2) is 11.4. The quantitative estimate of drug-likeness (QED) is 0.533. The second-order valence-electron chi connectivity index (χ2n) is 11.4. The lowest BCUT2D eigenvalue weighted by atomic mass is 9.86. The fraction of sp³-hybridized carbons (Fsp3) is 0.567. The third kappa shape index (κ3) is 6.85. The first-order valence-corrected chi connectivity index (χ1v) is 13.3. The summed E-state index contributed by atoms with van der Waals surface area (Å²) in [5.74, 6) is 0. The van der Waals surface area contributed by atoms with Crippen LogP contribution in [0, 0.1) is 0 Å². The van der Waals surface area contributed by atoms with Gasteiger partial charge in [-0.15, -0.1) is 0 Å². The molecule has 4 rings (SSSR count). The normalized spacial score (nSPS) is 18.6. The molecule has 1 aliphatic heterocycles. The molecule has 0 unspecified atom stereocenters. The summed E-state index contributed by atoms with van der Waals surface area (Å²) in [7, 11) is 0. The summed E-state index contributed by atoms with van der Waals surface area (Å²) >= 11 is 0. The highest BCUT2D eigenvalue weighted by atomic mass is 16.2. The van der Waals surface area contributed by atoms with Gasteiger partial charge in [0, 0.05) is 38.3 Å². The van der Waals surface area contributed by atoms with Crippen molar-refractivity contribution >= 4 is 6.03 Å². The smallest absolute Gasteiger partial charge is 0.318 e. The van der Waals surface area contributed by atoms with E-state index in [1.54, 1.807) is 0 Å². The summed E-state index contributed by atoms with van der Waals surface area (Å²) < 4.78 is 0. The Kier molecular flexibility index (Phi) is 8.31. The Morgan fingerprint density at radius 3 is 2.15 bits per heavy atom. The SMILES string of the molecule is CC(C)(C)c1ccc(CN(C(=O)NC2CCCCC2)C2CCN(Cc3ccccc3)CC2)cc1. The van der Waals surface area contributed by atoms with E-state index in [4.69, 9.17) is 0 Å². The number of rotatable bonds is 6. The van der Waals surface area contributed by atoms with Crippen molar-refractivity contribution in [3.63, 3.8) is 0 Å². The number of hydrogen-bond donors (Lipinski definition) is 1. The average Bonchev–Trinajstić information content (AvgIpc) is 2.84. The first kappa shape index (κ1) is 24.8. The Balaban J connectivity index is 1.42. The maximum absolute atomic E-state index is 13.5. The molecule has 2 aromatic rings. The highest BCUT2D eigenvalue weighted by molar-refractivity contribution is 5.75. The van der Waals surface area contributed by atoms with E-state index >= 15 is 0 Å². The van der Waals surface area contributed by atoms with Crippen LogP contribution in [0.25, 0.3) is 0 Å². The van der Waals surface area contributed by atoms with Crippen LogP contribution in [0.5, 0.6) is 0 Å².